The van der Waals surface area contributed by atoms with Gasteiger partial charge in [-0.2, -0.15) is 0 Å². The van der Waals surface area contributed by atoms with Crippen molar-refractivity contribution in [3.8, 4) is 5.75 Å². The lowest BCUT2D eigenvalue weighted by Crippen LogP contribution is -2.52. The van der Waals surface area contributed by atoms with Gasteiger partial charge >= 0.3 is 0 Å². The monoisotopic (exact) mass is 383 g/mol. The SMILES string of the molecule is COc1ccc(N2CCN(C3c4nnnn4CC(=O)N4CCC[C@@H]34)CC2)cc1. The van der Waals surface area contributed by atoms with Gasteiger partial charge in [0.1, 0.15) is 12.3 Å². The van der Waals surface area contributed by atoms with Crippen LogP contribution in [0.15, 0.2) is 24.3 Å². The van der Waals surface area contributed by atoms with Gasteiger partial charge in [-0.25, -0.2) is 4.68 Å². The molecule has 3 aliphatic heterocycles. The van der Waals surface area contributed by atoms with Crippen LogP contribution in [0.1, 0.15) is 24.7 Å². The van der Waals surface area contributed by atoms with Crippen LogP contribution in [0.5, 0.6) is 5.75 Å². The molecule has 0 saturated carbocycles. The maximum atomic E-state index is 12.6. The topological polar surface area (TPSA) is 79.6 Å². The predicted octanol–water partition coefficient (Wildman–Crippen LogP) is 0.550. The lowest BCUT2D eigenvalue weighted by Gasteiger charge is -2.42. The number of benzene rings is 1. The third-order valence-electron chi connectivity index (χ3n) is 6.24. The van der Waals surface area contributed by atoms with Crippen molar-refractivity contribution < 1.29 is 9.53 Å². The molecule has 3 aliphatic rings. The molecule has 2 aromatic rings. The van der Waals surface area contributed by atoms with E-state index in [1.807, 2.05) is 17.0 Å². The molecule has 1 unspecified atom stereocenters. The van der Waals surface area contributed by atoms with Crippen LogP contribution in [0.2, 0.25) is 0 Å². The number of rotatable bonds is 3. The Balaban J connectivity index is 1.35. The molecule has 2 fully saturated rings. The zero-order valence-corrected chi connectivity index (χ0v) is 16.1. The molecule has 5 rings (SSSR count). The molecule has 0 bridgehead atoms. The fraction of sp³-hybridized carbons (Fsp3) is 0.579. The first-order valence-corrected chi connectivity index (χ1v) is 9.93. The normalized spacial score (nSPS) is 25.4. The summed E-state index contributed by atoms with van der Waals surface area (Å²) in [5.41, 5.74) is 1.21. The number of hydrogen-bond acceptors (Lipinski definition) is 7. The second-order valence-corrected chi connectivity index (χ2v) is 7.66. The number of hydrogen-bond donors (Lipinski definition) is 0. The van der Waals surface area contributed by atoms with Gasteiger partial charge in [0.2, 0.25) is 5.91 Å². The van der Waals surface area contributed by atoms with E-state index in [2.05, 4.69) is 37.5 Å². The molecule has 0 aliphatic carbocycles. The van der Waals surface area contributed by atoms with Crippen molar-refractivity contribution in [3.63, 3.8) is 0 Å². The molecule has 0 N–H and O–H groups in total. The molecule has 9 nitrogen and oxygen atoms in total. The van der Waals surface area contributed by atoms with Crippen LogP contribution in [0.25, 0.3) is 0 Å². The van der Waals surface area contributed by atoms with E-state index >= 15 is 0 Å². The molecular formula is C19H25N7O2. The Hall–Kier alpha value is -2.68. The number of methoxy groups -OCH3 is 1. The number of aromatic nitrogens is 4. The fourth-order valence-corrected chi connectivity index (χ4v) is 4.82. The minimum Gasteiger partial charge on any atom is -0.497 e. The van der Waals surface area contributed by atoms with Crippen LogP contribution in [-0.2, 0) is 11.3 Å². The number of carbonyl (C=O) groups is 1. The lowest BCUT2D eigenvalue weighted by atomic mass is 10.0. The molecule has 0 radical (unpaired) electrons. The summed E-state index contributed by atoms with van der Waals surface area (Å²) in [5.74, 6) is 1.84. The molecule has 1 aromatic carbocycles. The Kier molecular flexibility index (Phi) is 4.38. The first kappa shape index (κ1) is 17.4. The molecule has 2 atom stereocenters. The van der Waals surface area contributed by atoms with Crippen molar-refractivity contribution in [3.05, 3.63) is 30.1 Å². The van der Waals surface area contributed by atoms with Crippen molar-refractivity contribution in [1.29, 1.82) is 0 Å². The Morgan fingerprint density at radius 3 is 2.61 bits per heavy atom. The van der Waals surface area contributed by atoms with E-state index in [9.17, 15) is 4.79 Å². The van der Waals surface area contributed by atoms with Crippen molar-refractivity contribution in [1.82, 2.24) is 30.0 Å². The van der Waals surface area contributed by atoms with E-state index in [0.717, 1.165) is 57.1 Å². The number of piperazine rings is 1. The van der Waals surface area contributed by atoms with Gasteiger partial charge in [-0.3, -0.25) is 9.69 Å². The highest BCUT2D eigenvalue weighted by Gasteiger charge is 2.44. The summed E-state index contributed by atoms with van der Waals surface area (Å²) >= 11 is 0. The van der Waals surface area contributed by atoms with Crippen LogP contribution < -0.4 is 9.64 Å². The molecule has 1 amide bonds. The average Bonchev–Trinajstić information content (AvgIpc) is 3.38. The second-order valence-electron chi connectivity index (χ2n) is 7.66. The van der Waals surface area contributed by atoms with E-state index in [4.69, 9.17) is 4.74 Å². The summed E-state index contributed by atoms with van der Waals surface area (Å²) in [6.07, 6.45) is 2.07. The van der Waals surface area contributed by atoms with E-state index in [-0.39, 0.29) is 24.5 Å². The summed E-state index contributed by atoms with van der Waals surface area (Å²) < 4.78 is 6.95. The summed E-state index contributed by atoms with van der Waals surface area (Å²) in [5, 5.41) is 12.3. The van der Waals surface area contributed by atoms with Crippen molar-refractivity contribution in [2.45, 2.75) is 31.5 Å². The largest absolute Gasteiger partial charge is 0.497 e. The van der Waals surface area contributed by atoms with Crippen molar-refractivity contribution in [2.24, 2.45) is 0 Å². The highest BCUT2D eigenvalue weighted by atomic mass is 16.5. The molecule has 2 saturated heterocycles. The van der Waals surface area contributed by atoms with Crippen LogP contribution >= 0.6 is 0 Å². The van der Waals surface area contributed by atoms with Gasteiger partial charge in [0.25, 0.3) is 0 Å². The number of anilines is 1. The Morgan fingerprint density at radius 2 is 1.86 bits per heavy atom. The Morgan fingerprint density at radius 1 is 1.07 bits per heavy atom. The molecule has 4 heterocycles. The summed E-state index contributed by atoms with van der Waals surface area (Å²) in [6, 6.07) is 8.47. The average molecular weight is 383 g/mol. The molecule has 0 spiro atoms. The van der Waals surface area contributed by atoms with Crippen LogP contribution in [0.4, 0.5) is 5.69 Å². The number of carbonyl (C=O) groups excluding carboxylic acids is 1. The van der Waals surface area contributed by atoms with Crippen molar-refractivity contribution >= 4 is 11.6 Å². The van der Waals surface area contributed by atoms with Gasteiger partial charge in [-0.1, -0.05) is 0 Å². The molecule has 28 heavy (non-hydrogen) atoms. The van der Waals surface area contributed by atoms with Gasteiger partial charge in [-0.05, 0) is 47.5 Å². The molecular weight excluding hydrogens is 358 g/mol. The maximum absolute atomic E-state index is 12.6. The van der Waals surface area contributed by atoms with Gasteiger partial charge in [0.05, 0.1) is 19.2 Å². The number of amides is 1. The third kappa shape index (κ3) is 2.90. The molecule has 9 heteroatoms. The van der Waals surface area contributed by atoms with E-state index in [1.54, 1.807) is 11.8 Å². The Labute approximate surface area is 163 Å². The van der Waals surface area contributed by atoms with Crippen LogP contribution in [0.3, 0.4) is 0 Å². The number of nitrogens with zero attached hydrogens (tertiary/aromatic N) is 7. The zero-order chi connectivity index (χ0) is 19.1. The maximum Gasteiger partial charge on any atom is 0.244 e. The lowest BCUT2D eigenvalue weighted by molar-refractivity contribution is -0.133. The fourth-order valence-electron chi connectivity index (χ4n) is 4.82. The summed E-state index contributed by atoms with van der Waals surface area (Å²) in [6.45, 7) is 4.80. The van der Waals surface area contributed by atoms with Gasteiger partial charge in [0.15, 0.2) is 5.82 Å². The summed E-state index contributed by atoms with van der Waals surface area (Å²) in [7, 11) is 1.69. The number of tetrazole rings is 1. The van der Waals surface area contributed by atoms with Crippen molar-refractivity contribution in [2.75, 3.05) is 44.7 Å². The zero-order valence-electron chi connectivity index (χ0n) is 16.1. The first-order chi connectivity index (χ1) is 13.7. The molecule has 148 valence electrons. The number of fused-ring (bicyclic) bond motifs is 2. The van der Waals surface area contributed by atoms with Gasteiger partial charge in [0, 0.05) is 38.4 Å². The van der Waals surface area contributed by atoms with Gasteiger partial charge < -0.3 is 14.5 Å². The standard InChI is InChI=1S/C19H25N7O2/c1-28-15-6-4-14(5-7-15)23-9-11-24(12-10-23)18-16-3-2-8-25(16)17(27)13-26-19(18)20-21-22-26/h4-7,16,18H,2-3,8-13H2,1H3/t16-,18?/m0/s1. The smallest absolute Gasteiger partial charge is 0.244 e. The van der Waals surface area contributed by atoms with E-state index < -0.39 is 0 Å². The van der Waals surface area contributed by atoms with Gasteiger partial charge in [-0.15, -0.1) is 5.10 Å². The molecule has 1 aromatic heterocycles. The quantitative estimate of drug-likeness (QED) is 0.766. The summed E-state index contributed by atoms with van der Waals surface area (Å²) in [4.78, 5) is 19.5. The third-order valence-corrected chi connectivity index (χ3v) is 6.24. The second kappa shape index (κ2) is 7.05. The highest BCUT2D eigenvalue weighted by molar-refractivity contribution is 5.77. The van der Waals surface area contributed by atoms with Crippen LogP contribution in [0, 0.1) is 0 Å². The minimum atomic E-state index is 0.0713. The Bertz CT molecular complexity index is 844. The van der Waals surface area contributed by atoms with Crippen LogP contribution in [-0.4, -0.2) is 81.8 Å². The predicted molar refractivity (Wildman–Crippen MR) is 102 cm³/mol. The first-order valence-electron chi connectivity index (χ1n) is 9.93. The minimum absolute atomic E-state index is 0.0713. The van der Waals surface area contributed by atoms with E-state index in [0.29, 0.717) is 0 Å². The number of ether oxygens (including phenoxy) is 1. The van der Waals surface area contributed by atoms with E-state index in [1.165, 1.54) is 5.69 Å². The highest BCUT2D eigenvalue weighted by Crippen LogP contribution is 2.36.